The Labute approximate surface area is 254 Å². The number of anilines is 2. The minimum atomic E-state index is -4.90. The molecule has 0 aliphatic carbocycles. The molecule has 0 unspecified atom stereocenters. The summed E-state index contributed by atoms with van der Waals surface area (Å²) in [6, 6.07) is 3.33. The van der Waals surface area contributed by atoms with Crippen molar-refractivity contribution in [1.29, 1.82) is 0 Å². The Morgan fingerprint density at radius 3 is 2.52 bits per heavy atom. The van der Waals surface area contributed by atoms with Crippen molar-refractivity contribution < 1.29 is 40.6 Å². The molecule has 3 N–H and O–H groups in total. The molecule has 246 valence electrons. The van der Waals surface area contributed by atoms with Gasteiger partial charge in [-0.05, 0) is 43.4 Å². The second-order valence-electron chi connectivity index (χ2n) is 10.9. The number of hydrogen-bond acceptors (Lipinski definition) is 9. The van der Waals surface area contributed by atoms with Crippen molar-refractivity contribution in [2.75, 3.05) is 30.4 Å². The molecule has 0 radical (unpaired) electrons. The van der Waals surface area contributed by atoms with Crippen molar-refractivity contribution in [3.63, 3.8) is 0 Å². The molecule has 5 rings (SSSR count). The molecule has 1 saturated heterocycles. The fourth-order valence-corrected chi connectivity index (χ4v) is 5.12. The number of fused-ring (bicyclic) bond motifs is 1. The molecule has 3 aromatic heterocycles. The maximum Gasteiger partial charge on any atom is 0.423 e. The molecule has 4 heterocycles. The molecule has 18 heteroatoms. The highest BCUT2D eigenvalue weighted by atomic mass is 19.4. The zero-order valence-corrected chi connectivity index (χ0v) is 24.1. The van der Waals surface area contributed by atoms with Crippen molar-refractivity contribution in [3.8, 4) is 17.1 Å². The zero-order valence-electron chi connectivity index (χ0n) is 24.1. The number of hydrogen-bond donors (Lipinski definition) is 3. The number of alkyl halides is 6. The number of nitrogens with one attached hydrogen (secondary N) is 2. The van der Waals surface area contributed by atoms with Crippen LogP contribution in [0.2, 0.25) is 0 Å². The van der Waals surface area contributed by atoms with E-state index in [1.807, 2.05) is 0 Å². The summed E-state index contributed by atoms with van der Waals surface area (Å²) >= 11 is 0. The van der Waals surface area contributed by atoms with Crippen LogP contribution < -0.4 is 26.1 Å². The average Bonchev–Trinajstić information content (AvgIpc) is 2.95. The van der Waals surface area contributed by atoms with Gasteiger partial charge in [-0.25, -0.2) is 19.5 Å². The lowest BCUT2D eigenvalue weighted by molar-refractivity contribution is -0.267. The summed E-state index contributed by atoms with van der Waals surface area (Å²) < 4.78 is 101. The molecule has 11 nitrogen and oxygen atoms in total. The number of benzene rings is 1. The molecular formula is C28H26F7N7O4. The number of rotatable bonds is 9. The van der Waals surface area contributed by atoms with E-state index in [1.54, 1.807) is 18.1 Å². The first-order valence-electron chi connectivity index (χ1n) is 13.7. The van der Waals surface area contributed by atoms with E-state index >= 15 is 4.39 Å². The fraction of sp³-hybridized carbons (Fsp3) is 0.393. The molecule has 1 aliphatic rings. The van der Waals surface area contributed by atoms with E-state index in [0.29, 0.717) is 18.2 Å². The number of aromatic amines is 1. The van der Waals surface area contributed by atoms with Gasteiger partial charge in [0.25, 0.3) is 11.1 Å². The maximum absolute atomic E-state index is 15.3. The second-order valence-corrected chi connectivity index (χ2v) is 10.9. The summed E-state index contributed by atoms with van der Waals surface area (Å²) in [5.41, 5.74) is -6.85. The average molecular weight is 658 g/mol. The number of nitrogens with zero attached hydrogens (tertiary/aromatic N) is 5. The Morgan fingerprint density at radius 2 is 1.87 bits per heavy atom. The van der Waals surface area contributed by atoms with Crippen LogP contribution in [0.15, 0.2) is 46.4 Å². The van der Waals surface area contributed by atoms with E-state index in [-0.39, 0.29) is 34.9 Å². The number of aromatic nitrogens is 5. The lowest BCUT2D eigenvalue weighted by Gasteiger charge is -2.47. The van der Waals surface area contributed by atoms with Crippen LogP contribution >= 0.6 is 0 Å². The summed E-state index contributed by atoms with van der Waals surface area (Å²) in [6.45, 7) is 0.132. The van der Waals surface area contributed by atoms with E-state index in [0.717, 1.165) is 23.4 Å². The summed E-state index contributed by atoms with van der Waals surface area (Å²) in [7, 11) is 1.25. The predicted octanol–water partition coefficient (Wildman–Crippen LogP) is 4.10. The van der Waals surface area contributed by atoms with Crippen LogP contribution in [0.4, 0.5) is 42.2 Å². The molecule has 46 heavy (non-hydrogen) atoms. The monoisotopic (exact) mass is 657 g/mol. The smallest absolute Gasteiger partial charge is 0.423 e. The van der Waals surface area contributed by atoms with Gasteiger partial charge in [-0.2, -0.15) is 31.4 Å². The van der Waals surface area contributed by atoms with Crippen LogP contribution in [0.1, 0.15) is 25.3 Å². The van der Waals surface area contributed by atoms with Gasteiger partial charge in [-0.1, -0.05) is 0 Å². The zero-order chi connectivity index (χ0) is 33.6. The van der Waals surface area contributed by atoms with Crippen LogP contribution in [0.25, 0.3) is 22.2 Å². The van der Waals surface area contributed by atoms with Gasteiger partial charge < -0.3 is 24.6 Å². The Kier molecular flexibility index (Phi) is 8.43. The Bertz CT molecular complexity index is 1890. The standard InChI is InChI=1S/C28H26F7N7O4/c1-14(38-19-10-37-40-24(43)21(19)27(30,31)32)4-3-6-41-7-5-15-8-17(18(29)9-16(15)25(41)44)22-36-11-20(46-2)23(39-22)42-12-26(45,13-42)28(33,34)35/h5,7-11,14,45H,3-4,6,12-13H2,1-2H3,(H2,38,40,43)/t14-/m0/s1. The van der Waals surface area contributed by atoms with E-state index in [1.165, 1.54) is 23.9 Å². The number of halogens is 7. The third-order valence-electron chi connectivity index (χ3n) is 7.57. The quantitative estimate of drug-likeness (QED) is 0.227. The highest BCUT2D eigenvalue weighted by molar-refractivity contribution is 5.86. The van der Waals surface area contributed by atoms with Crippen molar-refractivity contribution in [2.45, 2.75) is 50.3 Å². The van der Waals surface area contributed by atoms with Crippen molar-refractivity contribution >= 4 is 22.3 Å². The third kappa shape index (κ3) is 6.20. The first kappa shape index (κ1) is 32.6. The molecule has 1 atom stereocenters. The highest BCUT2D eigenvalue weighted by Gasteiger charge is 2.61. The number of pyridine rings is 1. The molecule has 1 fully saturated rings. The van der Waals surface area contributed by atoms with Crippen LogP contribution in [-0.4, -0.2) is 67.9 Å². The lowest BCUT2D eigenvalue weighted by Crippen LogP contribution is -2.69. The van der Waals surface area contributed by atoms with Gasteiger partial charge >= 0.3 is 12.4 Å². The molecule has 0 spiro atoms. The molecule has 0 amide bonds. The Morgan fingerprint density at radius 1 is 1.15 bits per heavy atom. The van der Waals surface area contributed by atoms with E-state index in [9.17, 15) is 41.0 Å². The van der Waals surface area contributed by atoms with Crippen LogP contribution in [-0.2, 0) is 12.7 Å². The van der Waals surface area contributed by atoms with Crippen LogP contribution in [0.3, 0.4) is 0 Å². The van der Waals surface area contributed by atoms with Gasteiger partial charge in [0.1, 0.15) is 11.4 Å². The normalized spacial score (nSPS) is 15.5. The van der Waals surface area contributed by atoms with Gasteiger partial charge in [0.15, 0.2) is 23.0 Å². The molecular weight excluding hydrogens is 631 g/mol. The molecule has 1 aromatic carbocycles. The second kappa shape index (κ2) is 11.9. The third-order valence-corrected chi connectivity index (χ3v) is 7.57. The molecule has 0 bridgehead atoms. The summed E-state index contributed by atoms with van der Waals surface area (Å²) in [4.78, 5) is 34.2. The van der Waals surface area contributed by atoms with Crippen molar-refractivity contribution in [2.24, 2.45) is 0 Å². The van der Waals surface area contributed by atoms with Gasteiger partial charge in [0, 0.05) is 18.8 Å². The molecule has 0 saturated carbocycles. The minimum Gasteiger partial charge on any atom is -0.491 e. The number of aryl methyl sites for hydroxylation is 1. The van der Waals surface area contributed by atoms with E-state index in [2.05, 4.69) is 20.4 Å². The number of methoxy groups -OCH3 is 1. The van der Waals surface area contributed by atoms with Crippen LogP contribution in [0, 0.1) is 5.82 Å². The van der Waals surface area contributed by atoms with Crippen molar-refractivity contribution in [3.05, 3.63) is 68.9 Å². The maximum atomic E-state index is 15.3. The number of ether oxygens (including phenoxy) is 1. The molecule has 1 aliphatic heterocycles. The van der Waals surface area contributed by atoms with Crippen molar-refractivity contribution in [1.82, 2.24) is 24.7 Å². The summed E-state index contributed by atoms with van der Waals surface area (Å²) in [5.74, 6) is -1.13. The van der Waals surface area contributed by atoms with E-state index in [4.69, 9.17) is 4.74 Å². The van der Waals surface area contributed by atoms with Gasteiger partial charge in [-0.15, -0.1) is 0 Å². The SMILES string of the molecule is COc1cnc(-c2cc3ccn(CCC[C@H](C)Nc4cn[nH]c(=O)c4C(F)(F)F)c(=O)c3cc2F)nc1N1CC(O)(C(F)(F)F)C1. The minimum absolute atomic E-state index is 0.0106. The van der Waals surface area contributed by atoms with E-state index < -0.39 is 65.3 Å². The highest BCUT2D eigenvalue weighted by Crippen LogP contribution is 2.42. The Hall–Kier alpha value is -4.74. The summed E-state index contributed by atoms with van der Waals surface area (Å²) in [5, 5.41) is 18.0. The van der Waals surface area contributed by atoms with Gasteiger partial charge in [0.2, 0.25) is 0 Å². The van der Waals surface area contributed by atoms with Gasteiger partial charge in [0.05, 0.1) is 49.2 Å². The number of β-amino-alcohol motifs (C(OH)–C–C–N with tert-alkyl or cyclic N) is 1. The largest absolute Gasteiger partial charge is 0.491 e. The number of aliphatic hydroxyl groups is 1. The summed E-state index contributed by atoms with van der Waals surface area (Å²) in [6.07, 6.45) is -5.63. The first-order valence-corrected chi connectivity index (χ1v) is 13.7. The Balaban J connectivity index is 1.32. The fourth-order valence-electron chi connectivity index (χ4n) is 5.12. The van der Waals surface area contributed by atoms with Gasteiger partial charge in [-0.3, -0.25) is 9.59 Å². The van der Waals surface area contributed by atoms with Crippen LogP contribution in [0.5, 0.6) is 5.75 Å². The lowest BCUT2D eigenvalue weighted by atomic mass is 9.93. The first-order chi connectivity index (χ1) is 21.5. The topological polar surface area (TPSA) is 138 Å². The predicted molar refractivity (Wildman–Crippen MR) is 151 cm³/mol. The number of H-pyrrole nitrogens is 1. The molecule has 4 aromatic rings.